The van der Waals surface area contributed by atoms with E-state index in [0.717, 1.165) is 11.1 Å². The van der Waals surface area contributed by atoms with Crippen LogP contribution in [0.5, 0.6) is 17.5 Å². The molecule has 0 saturated heterocycles. The minimum Gasteiger partial charge on any atom is -0.508 e. The molecule has 3 aliphatic rings. The molecule has 0 unspecified atom stereocenters. The van der Waals surface area contributed by atoms with Crippen LogP contribution < -0.4 is 14.4 Å². The van der Waals surface area contributed by atoms with E-state index in [1.807, 2.05) is 36.7 Å². The molecule has 3 aromatic carbocycles. The third kappa shape index (κ3) is 5.94. The molecule has 2 aromatic heterocycles. The molecule has 0 fully saturated rings. The number of halogens is 1. The lowest BCUT2D eigenvalue weighted by molar-refractivity contribution is 0.0727. The quantitative estimate of drug-likeness (QED) is 0.214. The van der Waals surface area contributed by atoms with Gasteiger partial charge in [-0.05, 0) is 67.1 Å². The molecule has 0 saturated carbocycles. The predicted molar refractivity (Wildman–Crippen MR) is 179 cm³/mol. The number of aromatic hydroxyl groups is 1. The fourth-order valence-corrected chi connectivity index (χ4v) is 6.21. The Balaban J connectivity index is 1.33. The van der Waals surface area contributed by atoms with Crippen LogP contribution in [-0.2, 0) is 24.9 Å². The maximum absolute atomic E-state index is 14.5. The van der Waals surface area contributed by atoms with Crippen molar-refractivity contribution >= 4 is 34.8 Å². The van der Waals surface area contributed by atoms with Gasteiger partial charge in [-0.25, -0.2) is 9.97 Å². The number of hydrogen-bond acceptors (Lipinski definition) is 8. The van der Waals surface area contributed by atoms with E-state index in [9.17, 15) is 14.7 Å². The van der Waals surface area contributed by atoms with E-state index in [0.29, 0.717) is 83.1 Å². The van der Waals surface area contributed by atoms with Gasteiger partial charge in [0, 0.05) is 52.4 Å². The van der Waals surface area contributed by atoms with E-state index in [-0.39, 0.29) is 30.2 Å². The number of rotatable bonds is 1. The van der Waals surface area contributed by atoms with Gasteiger partial charge in [-0.1, -0.05) is 23.7 Å². The lowest BCUT2D eigenvalue weighted by Gasteiger charge is -2.22. The topological polar surface area (TPSA) is 119 Å². The number of phenolic OH excluding ortho intramolecular Hbond substituents is 1. The highest BCUT2D eigenvalue weighted by Gasteiger charge is 2.31. The summed E-state index contributed by atoms with van der Waals surface area (Å²) in [6.45, 7) is 3.83. The number of carbonyl (C=O) groups excluding carboxylic acids is 2. The first-order valence-electron chi connectivity index (χ1n) is 15.4. The number of anilines is 2. The maximum Gasteiger partial charge on any atom is 0.316 e. The van der Waals surface area contributed by atoms with Crippen LogP contribution in [0.2, 0.25) is 5.02 Å². The van der Waals surface area contributed by atoms with Crippen molar-refractivity contribution in [3.05, 3.63) is 112 Å². The third-order valence-corrected chi connectivity index (χ3v) is 8.84. The van der Waals surface area contributed by atoms with Crippen LogP contribution in [0, 0.1) is 6.92 Å². The molecule has 5 aromatic rings. The summed E-state index contributed by atoms with van der Waals surface area (Å²) >= 11 is 6.52. The molecule has 6 bridgehead atoms. The number of benzene rings is 3. The molecule has 3 aliphatic heterocycles. The Morgan fingerprint density at radius 1 is 0.792 bits per heavy atom. The molecule has 0 spiro atoms. The fourth-order valence-electron chi connectivity index (χ4n) is 6.04. The Bertz CT molecular complexity index is 2010. The zero-order valence-electron chi connectivity index (χ0n) is 26.4. The predicted octanol–water partition coefficient (Wildman–Crippen LogP) is 6.07. The summed E-state index contributed by atoms with van der Waals surface area (Å²) in [5.41, 5.74) is 5.62. The fraction of sp³-hybridized carbons (Fsp3) is 0.222. The first kappa shape index (κ1) is 31.2. The van der Waals surface area contributed by atoms with Gasteiger partial charge in [0.2, 0.25) is 0 Å². The molecule has 0 atom stereocenters. The van der Waals surface area contributed by atoms with Gasteiger partial charge in [-0.15, -0.1) is 0 Å². The lowest BCUT2D eigenvalue weighted by atomic mass is 10.0. The van der Waals surface area contributed by atoms with E-state index in [4.69, 9.17) is 25.8 Å². The van der Waals surface area contributed by atoms with Gasteiger partial charge in [0.25, 0.3) is 11.8 Å². The molecular weight excluding hydrogens is 634 g/mol. The Hall–Kier alpha value is -5.39. The van der Waals surface area contributed by atoms with Crippen molar-refractivity contribution < 1.29 is 28.9 Å². The zero-order chi connectivity index (χ0) is 33.4. The number of nitrogens with zero attached hydrogens (tertiary/aromatic N) is 5. The van der Waals surface area contributed by atoms with Crippen LogP contribution in [0.1, 0.15) is 37.5 Å². The number of aromatic nitrogens is 3. The molecule has 12 heteroatoms. The van der Waals surface area contributed by atoms with Crippen molar-refractivity contribution in [3.63, 3.8) is 0 Å². The van der Waals surface area contributed by atoms with Crippen LogP contribution in [-0.4, -0.2) is 62.8 Å². The zero-order valence-corrected chi connectivity index (χ0v) is 27.1. The molecule has 1 N–H and O–H groups in total. The lowest BCUT2D eigenvalue weighted by Crippen LogP contribution is -2.26. The molecule has 0 aliphatic carbocycles. The van der Waals surface area contributed by atoms with Gasteiger partial charge in [-0.3, -0.25) is 14.5 Å². The summed E-state index contributed by atoms with van der Waals surface area (Å²) in [4.78, 5) is 40.6. The largest absolute Gasteiger partial charge is 0.508 e. The highest BCUT2D eigenvalue weighted by molar-refractivity contribution is 6.31. The Kier molecular flexibility index (Phi) is 8.47. The van der Waals surface area contributed by atoms with Crippen molar-refractivity contribution in [3.8, 4) is 28.8 Å². The van der Waals surface area contributed by atoms with Crippen molar-refractivity contribution in [2.24, 2.45) is 7.05 Å². The highest BCUT2D eigenvalue weighted by Crippen LogP contribution is 2.37. The van der Waals surface area contributed by atoms with E-state index in [1.54, 1.807) is 41.3 Å². The molecule has 244 valence electrons. The van der Waals surface area contributed by atoms with Gasteiger partial charge >= 0.3 is 6.01 Å². The van der Waals surface area contributed by atoms with Gasteiger partial charge in [-0.2, -0.15) is 0 Å². The van der Waals surface area contributed by atoms with E-state index < -0.39 is 0 Å². The molecule has 8 rings (SSSR count). The first-order chi connectivity index (χ1) is 23.3. The average molecular weight is 666 g/mol. The second kappa shape index (κ2) is 13.0. The number of phenols is 1. The number of fused-ring (bicyclic) bond motifs is 9. The molecule has 11 nitrogen and oxygen atoms in total. The third-order valence-electron chi connectivity index (χ3n) is 8.61. The first-order valence-corrected chi connectivity index (χ1v) is 15.8. The van der Waals surface area contributed by atoms with E-state index in [2.05, 4.69) is 9.97 Å². The Labute approximate surface area is 281 Å². The van der Waals surface area contributed by atoms with Gasteiger partial charge < -0.3 is 28.8 Å². The number of amides is 2. The maximum atomic E-state index is 14.5. The minimum atomic E-state index is -0.360. The summed E-state index contributed by atoms with van der Waals surface area (Å²) < 4.78 is 19.3. The second-order valence-electron chi connectivity index (χ2n) is 11.5. The number of carbonyl (C=O) groups is 2. The smallest absolute Gasteiger partial charge is 0.316 e. The summed E-state index contributed by atoms with van der Waals surface area (Å²) in [5, 5.41) is 10.4. The van der Waals surface area contributed by atoms with Crippen molar-refractivity contribution in [2.45, 2.75) is 20.0 Å². The number of hydrogen-bond donors (Lipinski definition) is 1. The molecular formula is C36H32ClN5O6. The number of ether oxygens (including phenoxy) is 3. The minimum absolute atomic E-state index is 0.0592. The molecule has 48 heavy (non-hydrogen) atoms. The second-order valence-corrected chi connectivity index (χ2v) is 12.0. The SMILES string of the molecule is Cc1c2cc(n1C)-c1cc(Cl)ccc1C(=O)N1Cc3cccc(c3C1)OCCOCCOc1ncc(cn1)N(c1ccc(O)cc1)C2=O. The molecule has 5 heterocycles. The van der Waals surface area contributed by atoms with E-state index in [1.165, 1.54) is 29.4 Å². The van der Waals surface area contributed by atoms with Crippen LogP contribution in [0.4, 0.5) is 11.4 Å². The van der Waals surface area contributed by atoms with Crippen molar-refractivity contribution in [1.82, 2.24) is 19.4 Å². The van der Waals surface area contributed by atoms with Crippen LogP contribution in [0.15, 0.2) is 79.1 Å². The van der Waals surface area contributed by atoms with Crippen LogP contribution in [0.3, 0.4) is 0 Å². The molecule has 2 amide bonds. The van der Waals surface area contributed by atoms with Gasteiger partial charge in [0.15, 0.2) is 0 Å². The average Bonchev–Trinajstić information content (AvgIpc) is 3.66. The summed E-state index contributed by atoms with van der Waals surface area (Å²) in [6.07, 6.45) is 3.01. The summed E-state index contributed by atoms with van der Waals surface area (Å²) in [7, 11) is 1.85. The molecule has 0 radical (unpaired) electrons. The monoisotopic (exact) mass is 665 g/mol. The van der Waals surface area contributed by atoms with Crippen LogP contribution in [0.25, 0.3) is 11.3 Å². The highest BCUT2D eigenvalue weighted by atomic mass is 35.5. The Morgan fingerprint density at radius 3 is 2.31 bits per heavy atom. The van der Waals surface area contributed by atoms with Crippen molar-refractivity contribution in [1.29, 1.82) is 0 Å². The standard InChI is InChI=1S/C36H32ClN5O6/c1-22-29-17-32(40(22)2)30-16-24(37)6-11-28(30)34(44)41-20-23-4-3-5-33(31(23)21-41)47-14-12-46-13-15-48-36-38-18-26(19-39-36)42(35(29)45)25-7-9-27(43)10-8-25/h3-11,16-19,43H,12-15,20-21H2,1-2H3. The van der Waals surface area contributed by atoms with Gasteiger partial charge in [0.1, 0.15) is 24.7 Å². The van der Waals surface area contributed by atoms with Gasteiger partial charge in [0.05, 0.1) is 43.4 Å². The van der Waals surface area contributed by atoms with E-state index >= 15 is 0 Å². The Morgan fingerprint density at radius 2 is 1.54 bits per heavy atom. The summed E-state index contributed by atoms with van der Waals surface area (Å²) in [5.74, 6) is 0.246. The summed E-state index contributed by atoms with van der Waals surface area (Å²) in [6, 6.07) is 19.2. The normalized spacial score (nSPS) is 15.2. The van der Waals surface area contributed by atoms with Crippen LogP contribution >= 0.6 is 11.6 Å². The van der Waals surface area contributed by atoms with Crippen molar-refractivity contribution in [2.75, 3.05) is 31.3 Å².